The third-order valence-electron chi connectivity index (χ3n) is 7.45. The Balaban J connectivity index is 1.30. The third-order valence-corrected chi connectivity index (χ3v) is 7.45. The van der Waals surface area contributed by atoms with E-state index < -0.39 is 5.60 Å². The lowest BCUT2D eigenvalue weighted by Gasteiger charge is -2.57. The predicted molar refractivity (Wildman–Crippen MR) is 112 cm³/mol. The first-order valence-electron chi connectivity index (χ1n) is 11.1. The van der Waals surface area contributed by atoms with Gasteiger partial charge in [-0.15, -0.1) is 0 Å². The van der Waals surface area contributed by atoms with Crippen LogP contribution >= 0.6 is 0 Å². The average molecular weight is 383 g/mol. The lowest BCUT2D eigenvalue weighted by atomic mass is 9.53. The Hall–Kier alpha value is -1.55. The summed E-state index contributed by atoms with van der Waals surface area (Å²) >= 11 is 0. The van der Waals surface area contributed by atoms with Crippen LogP contribution < -0.4 is 10.2 Å². The highest BCUT2D eigenvalue weighted by atomic mass is 16.6. The van der Waals surface area contributed by atoms with E-state index in [1.807, 2.05) is 31.7 Å². The van der Waals surface area contributed by atoms with Crippen LogP contribution in [0.4, 0.5) is 10.5 Å². The first-order chi connectivity index (χ1) is 13.3. The van der Waals surface area contributed by atoms with Gasteiger partial charge in [-0.1, -0.05) is 18.2 Å². The summed E-state index contributed by atoms with van der Waals surface area (Å²) in [4.78, 5) is 14.6. The van der Waals surface area contributed by atoms with Crippen LogP contribution in [-0.4, -0.2) is 30.3 Å². The molecule has 0 aromatic heterocycles. The normalized spacial score (nSPS) is 35.9. The Kier molecular flexibility index (Phi) is 4.28. The van der Waals surface area contributed by atoms with Gasteiger partial charge in [0.25, 0.3) is 0 Å². The number of anilines is 1. The lowest BCUT2D eigenvalue weighted by molar-refractivity contribution is -0.0200. The van der Waals surface area contributed by atoms with Crippen LogP contribution in [0.5, 0.6) is 0 Å². The molecule has 0 radical (unpaired) electrons. The highest BCUT2D eigenvalue weighted by Gasteiger charge is 2.51. The van der Waals surface area contributed by atoms with Crippen molar-refractivity contribution in [3.8, 4) is 0 Å². The maximum Gasteiger partial charge on any atom is 0.414 e. The van der Waals surface area contributed by atoms with Gasteiger partial charge >= 0.3 is 6.09 Å². The van der Waals surface area contributed by atoms with Gasteiger partial charge in [0, 0.05) is 24.5 Å². The van der Waals surface area contributed by atoms with Gasteiger partial charge in [-0.25, -0.2) is 4.79 Å². The molecule has 1 amide bonds. The zero-order valence-electron chi connectivity index (χ0n) is 17.5. The molecular formula is C24H34N2O2. The summed E-state index contributed by atoms with van der Waals surface area (Å²) in [5.41, 5.74) is 2.20. The van der Waals surface area contributed by atoms with Crippen molar-refractivity contribution in [2.45, 2.75) is 76.4 Å². The van der Waals surface area contributed by atoms with Gasteiger partial charge in [-0.05, 0) is 88.7 Å². The zero-order valence-corrected chi connectivity index (χ0v) is 17.5. The number of nitrogens with one attached hydrogen (secondary N) is 1. The molecule has 1 N–H and O–H groups in total. The number of hydrogen-bond acceptors (Lipinski definition) is 3. The number of para-hydroxylation sites is 1. The van der Waals surface area contributed by atoms with E-state index in [9.17, 15) is 4.79 Å². The average Bonchev–Trinajstić information content (AvgIpc) is 2.96. The molecule has 4 saturated carbocycles. The Morgan fingerprint density at radius 2 is 1.71 bits per heavy atom. The molecular weight excluding hydrogens is 348 g/mol. The van der Waals surface area contributed by atoms with Gasteiger partial charge in [0.05, 0.1) is 5.69 Å². The van der Waals surface area contributed by atoms with E-state index in [2.05, 4.69) is 23.5 Å². The molecule has 5 aliphatic rings. The Labute approximate surface area is 169 Å². The van der Waals surface area contributed by atoms with Crippen molar-refractivity contribution in [1.29, 1.82) is 0 Å². The molecule has 1 atom stereocenters. The van der Waals surface area contributed by atoms with Crippen molar-refractivity contribution in [3.63, 3.8) is 0 Å². The van der Waals surface area contributed by atoms with E-state index in [1.165, 1.54) is 44.1 Å². The number of ether oxygens (including phenoxy) is 1. The quantitative estimate of drug-likeness (QED) is 0.792. The summed E-state index contributed by atoms with van der Waals surface area (Å²) in [5.74, 6) is 3.20. The topological polar surface area (TPSA) is 41.6 Å². The highest BCUT2D eigenvalue weighted by molar-refractivity contribution is 5.91. The first-order valence-corrected chi connectivity index (χ1v) is 11.1. The lowest BCUT2D eigenvalue weighted by Crippen LogP contribution is -2.59. The first kappa shape index (κ1) is 18.5. The molecule has 4 bridgehead atoms. The van der Waals surface area contributed by atoms with Crippen molar-refractivity contribution in [1.82, 2.24) is 5.32 Å². The Bertz CT molecular complexity index is 731. The monoisotopic (exact) mass is 382 g/mol. The molecule has 28 heavy (non-hydrogen) atoms. The molecule has 4 heteroatoms. The second kappa shape index (κ2) is 6.48. The molecule has 4 aliphatic carbocycles. The fourth-order valence-electron chi connectivity index (χ4n) is 6.83. The van der Waals surface area contributed by atoms with Crippen LogP contribution in [0.3, 0.4) is 0 Å². The van der Waals surface area contributed by atoms with Crippen LogP contribution in [0.2, 0.25) is 0 Å². The summed E-state index contributed by atoms with van der Waals surface area (Å²) in [6.45, 7) is 7.47. The number of nitrogens with zero attached hydrogens (tertiary/aromatic N) is 1. The second-order valence-corrected chi connectivity index (χ2v) is 10.9. The number of carbonyl (C=O) groups excluding carboxylic acids is 1. The van der Waals surface area contributed by atoms with Crippen LogP contribution in [0.1, 0.15) is 70.8 Å². The van der Waals surface area contributed by atoms with Gasteiger partial charge in [-0.2, -0.15) is 0 Å². The number of carbonyl (C=O) groups is 1. The minimum absolute atomic E-state index is 0.225. The number of benzene rings is 1. The number of amides is 1. The van der Waals surface area contributed by atoms with Crippen LogP contribution in [-0.2, 0) is 4.74 Å². The van der Waals surface area contributed by atoms with E-state index in [1.54, 1.807) is 0 Å². The molecule has 1 aromatic carbocycles. The van der Waals surface area contributed by atoms with Crippen molar-refractivity contribution in [3.05, 3.63) is 29.8 Å². The van der Waals surface area contributed by atoms with Gasteiger partial charge in [-0.3, -0.25) is 4.90 Å². The standard InChI is InChI=1S/C24H34N2O2/c1-23(2,3)28-22(27)26-15-19(20-6-4-5-7-21(20)26)14-25-24-11-16-8-17(12-24)10-18(9-16)13-24/h4-7,16-19,25H,8-15H2,1-3H3/t16?,17?,18?,19-,24?/m0/s1. The molecule has 4 fully saturated rings. The van der Waals surface area contributed by atoms with Crippen molar-refractivity contribution in [2.75, 3.05) is 18.0 Å². The Morgan fingerprint density at radius 3 is 2.32 bits per heavy atom. The Morgan fingerprint density at radius 1 is 1.11 bits per heavy atom. The molecule has 1 aliphatic heterocycles. The molecule has 0 spiro atoms. The largest absolute Gasteiger partial charge is 0.443 e. The van der Waals surface area contributed by atoms with E-state index in [0.29, 0.717) is 18.0 Å². The fraction of sp³-hybridized carbons (Fsp3) is 0.708. The van der Waals surface area contributed by atoms with Crippen LogP contribution in [0.15, 0.2) is 24.3 Å². The number of fused-ring (bicyclic) bond motifs is 1. The summed E-state index contributed by atoms with van der Waals surface area (Å²) in [6, 6.07) is 8.36. The van der Waals surface area contributed by atoms with E-state index in [-0.39, 0.29) is 6.09 Å². The smallest absolute Gasteiger partial charge is 0.414 e. The van der Waals surface area contributed by atoms with Gasteiger partial charge < -0.3 is 10.1 Å². The minimum atomic E-state index is -0.471. The number of hydrogen-bond donors (Lipinski definition) is 1. The van der Waals surface area contributed by atoms with E-state index >= 15 is 0 Å². The molecule has 6 rings (SSSR count). The molecule has 0 saturated heterocycles. The van der Waals surface area contributed by atoms with Gasteiger partial charge in [0.2, 0.25) is 0 Å². The maximum absolute atomic E-state index is 12.8. The molecule has 152 valence electrons. The van der Waals surface area contributed by atoms with E-state index in [4.69, 9.17) is 4.74 Å². The molecule has 1 heterocycles. The minimum Gasteiger partial charge on any atom is -0.443 e. The SMILES string of the molecule is CC(C)(C)OC(=O)N1C[C@H](CNC23CC4CC(CC(C4)C2)C3)c2ccccc21. The van der Waals surface area contributed by atoms with Crippen LogP contribution in [0.25, 0.3) is 0 Å². The summed E-state index contributed by atoms with van der Waals surface area (Å²) in [7, 11) is 0. The number of rotatable bonds is 3. The van der Waals surface area contributed by atoms with Gasteiger partial charge in [0.1, 0.15) is 5.60 Å². The predicted octanol–water partition coefficient (Wildman–Crippen LogP) is 5.08. The summed E-state index contributed by atoms with van der Waals surface area (Å²) in [5, 5.41) is 4.04. The second-order valence-electron chi connectivity index (χ2n) is 10.9. The van der Waals surface area contributed by atoms with E-state index in [0.717, 1.165) is 30.0 Å². The van der Waals surface area contributed by atoms with Gasteiger partial charge in [0.15, 0.2) is 0 Å². The summed E-state index contributed by atoms with van der Waals surface area (Å²) < 4.78 is 5.67. The maximum atomic E-state index is 12.8. The molecule has 4 nitrogen and oxygen atoms in total. The van der Waals surface area contributed by atoms with Crippen molar-refractivity contribution < 1.29 is 9.53 Å². The molecule has 1 aromatic rings. The van der Waals surface area contributed by atoms with Crippen molar-refractivity contribution in [2.24, 2.45) is 17.8 Å². The van der Waals surface area contributed by atoms with Crippen LogP contribution in [0, 0.1) is 17.8 Å². The highest BCUT2D eigenvalue weighted by Crippen LogP contribution is 2.55. The third kappa shape index (κ3) is 3.34. The fourth-order valence-corrected chi connectivity index (χ4v) is 6.83. The summed E-state index contributed by atoms with van der Waals surface area (Å²) in [6.07, 6.45) is 8.28. The molecule has 0 unspecified atom stereocenters. The zero-order chi connectivity index (χ0) is 19.5. The van der Waals surface area contributed by atoms with Crippen molar-refractivity contribution >= 4 is 11.8 Å².